The van der Waals surface area contributed by atoms with E-state index in [1.807, 2.05) is 37.3 Å². The van der Waals surface area contributed by atoms with E-state index >= 15 is 0 Å². The van der Waals surface area contributed by atoms with Gasteiger partial charge >= 0.3 is 0 Å². The van der Waals surface area contributed by atoms with Crippen LogP contribution in [-0.4, -0.2) is 12.0 Å². The summed E-state index contributed by atoms with van der Waals surface area (Å²) in [5.41, 5.74) is 1.57. The average Bonchev–Trinajstić information content (AvgIpc) is 2.55. The average molecular weight is 373 g/mol. The minimum absolute atomic E-state index is 0.119. The number of carbonyl (C=O) groups excluding carboxylic acids is 1. The van der Waals surface area contributed by atoms with Gasteiger partial charge in [0.05, 0.1) is 17.7 Å². The molecule has 0 spiro atoms. The van der Waals surface area contributed by atoms with Crippen LogP contribution in [0, 0.1) is 11.3 Å². The molecule has 4 nitrogen and oxygen atoms in total. The second-order valence-corrected chi connectivity index (χ2v) is 6.10. The molecule has 2 aromatic rings. The van der Waals surface area contributed by atoms with Crippen LogP contribution in [0.3, 0.4) is 0 Å². The number of nitrogens with zero attached hydrogens (tertiary/aromatic N) is 1. The number of hydrogen-bond acceptors (Lipinski definition) is 3. The van der Waals surface area contributed by atoms with E-state index in [9.17, 15) is 4.79 Å². The SMILES string of the molecule is CC(Oc1ccc(C#N)cc1)C(=O)NC(C)c1cccc(Br)c1. The van der Waals surface area contributed by atoms with Gasteiger partial charge in [-0.05, 0) is 55.8 Å². The molecule has 0 saturated heterocycles. The van der Waals surface area contributed by atoms with Crippen molar-refractivity contribution in [2.75, 3.05) is 0 Å². The lowest BCUT2D eigenvalue weighted by Gasteiger charge is -2.19. The second kappa shape index (κ2) is 7.80. The smallest absolute Gasteiger partial charge is 0.261 e. The van der Waals surface area contributed by atoms with Crippen molar-refractivity contribution in [3.8, 4) is 11.8 Å². The zero-order chi connectivity index (χ0) is 16.8. The fraction of sp³-hybridized carbons (Fsp3) is 0.222. The molecule has 2 unspecified atom stereocenters. The Morgan fingerprint density at radius 3 is 2.52 bits per heavy atom. The van der Waals surface area contributed by atoms with Crippen LogP contribution in [0.2, 0.25) is 0 Å². The summed E-state index contributed by atoms with van der Waals surface area (Å²) < 4.78 is 6.58. The highest BCUT2D eigenvalue weighted by Crippen LogP contribution is 2.18. The van der Waals surface area contributed by atoms with Crippen LogP contribution in [-0.2, 0) is 4.79 Å². The quantitative estimate of drug-likeness (QED) is 0.863. The summed E-state index contributed by atoms with van der Waals surface area (Å²) in [6, 6.07) is 16.4. The molecule has 0 aliphatic rings. The Kier molecular flexibility index (Phi) is 5.78. The van der Waals surface area contributed by atoms with Crippen LogP contribution in [0.5, 0.6) is 5.75 Å². The van der Waals surface area contributed by atoms with Crippen LogP contribution in [0.1, 0.15) is 31.0 Å². The Bertz CT molecular complexity index is 723. The summed E-state index contributed by atoms with van der Waals surface area (Å²) in [5, 5.41) is 11.7. The van der Waals surface area contributed by atoms with Gasteiger partial charge in [-0.1, -0.05) is 28.1 Å². The van der Waals surface area contributed by atoms with E-state index < -0.39 is 6.10 Å². The van der Waals surface area contributed by atoms with Crippen molar-refractivity contribution in [3.63, 3.8) is 0 Å². The molecule has 5 heteroatoms. The van der Waals surface area contributed by atoms with Gasteiger partial charge in [0.2, 0.25) is 0 Å². The van der Waals surface area contributed by atoms with Crippen molar-refractivity contribution >= 4 is 21.8 Å². The Morgan fingerprint density at radius 2 is 1.91 bits per heavy atom. The monoisotopic (exact) mass is 372 g/mol. The highest BCUT2D eigenvalue weighted by molar-refractivity contribution is 9.10. The van der Waals surface area contributed by atoms with Gasteiger partial charge in [-0.15, -0.1) is 0 Å². The summed E-state index contributed by atoms with van der Waals surface area (Å²) in [6.07, 6.45) is -0.627. The lowest BCUT2D eigenvalue weighted by Crippen LogP contribution is -2.37. The van der Waals surface area contributed by atoms with E-state index in [4.69, 9.17) is 10.00 Å². The number of amides is 1. The molecule has 0 aromatic heterocycles. The summed E-state index contributed by atoms with van der Waals surface area (Å²) >= 11 is 3.42. The first-order valence-electron chi connectivity index (χ1n) is 7.22. The molecular formula is C18H17BrN2O2. The maximum atomic E-state index is 12.2. The van der Waals surface area contributed by atoms with E-state index in [-0.39, 0.29) is 11.9 Å². The van der Waals surface area contributed by atoms with Crippen LogP contribution in [0.25, 0.3) is 0 Å². The third-order valence-corrected chi connectivity index (χ3v) is 3.87. The highest BCUT2D eigenvalue weighted by Gasteiger charge is 2.17. The number of nitriles is 1. The van der Waals surface area contributed by atoms with Crippen molar-refractivity contribution in [3.05, 3.63) is 64.1 Å². The van der Waals surface area contributed by atoms with Gasteiger partial charge in [0.15, 0.2) is 6.10 Å². The van der Waals surface area contributed by atoms with E-state index in [1.54, 1.807) is 31.2 Å². The van der Waals surface area contributed by atoms with E-state index in [0.29, 0.717) is 11.3 Å². The molecule has 0 saturated carbocycles. The minimum atomic E-state index is -0.627. The van der Waals surface area contributed by atoms with Crippen LogP contribution < -0.4 is 10.1 Å². The molecule has 118 valence electrons. The normalized spacial score (nSPS) is 12.8. The van der Waals surface area contributed by atoms with Crippen LogP contribution in [0.4, 0.5) is 0 Å². The molecule has 2 aromatic carbocycles. The molecule has 0 radical (unpaired) electrons. The first kappa shape index (κ1) is 17.0. The number of halogens is 1. The van der Waals surface area contributed by atoms with E-state index in [0.717, 1.165) is 10.0 Å². The van der Waals surface area contributed by atoms with Gasteiger partial charge in [-0.25, -0.2) is 0 Å². The zero-order valence-electron chi connectivity index (χ0n) is 12.9. The van der Waals surface area contributed by atoms with Crippen LogP contribution >= 0.6 is 15.9 Å². The predicted molar refractivity (Wildman–Crippen MR) is 91.9 cm³/mol. The summed E-state index contributed by atoms with van der Waals surface area (Å²) in [7, 11) is 0. The largest absolute Gasteiger partial charge is 0.481 e. The molecule has 0 heterocycles. The number of rotatable bonds is 5. The van der Waals surface area contributed by atoms with Gasteiger partial charge in [0, 0.05) is 4.47 Å². The molecule has 0 aliphatic carbocycles. The van der Waals surface area contributed by atoms with Crippen molar-refractivity contribution < 1.29 is 9.53 Å². The van der Waals surface area contributed by atoms with E-state index in [2.05, 4.69) is 21.2 Å². The third kappa shape index (κ3) is 4.83. The van der Waals surface area contributed by atoms with Gasteiger partial charge in [0.25, 0.3) is 5.91 Å². The molecule has 23 heavy (non-hydrogen) atoms. The standard InChI is InChI=1S/C18H17BrN2O2/c1-12(15-4-3-5-16(19)10-15)21-18(22)13(2)23-17-8-6-14(11-20)7-9-17/h3-10,12-13H,1-2H3,(H,21,22). The molecule has 0 aliphatic heterocycles. The molecule has 0 fully saturated rings. The van der Waals surface area contributed by atoms with Gasteiger partial charge in [-0.2, -0.15) is 5.26 Å². The topological polar surface area (TPSA) is 62.1 Å². The Labute approximate surface area is 144 Å². The van der Waals surface area contributed by atoms with Crippen molar-refractivity contribution in [1.29, 1.82) is 5.26 Å². The second-order valence-electron chi connectivity index (χ2n) is 5.18. The summed E-state index contributed by atoms with van der Waals surface area (Å²) in [6.45, 7) is 3.62. The third-order valence-electron chi connectivity index (χ3n) is 3.37. The number of ether oxygens (including phenoxy) is 1. The fourth-order valence-corrected chi connectivity index (χ4v) is 2.47. The Hall–Kier alpha value is -2.32. The number of carbonyl (C=O) groups is 1. The maximum absolute atomic E-state index is 12.2. The fourth-order valence-electron chi connectivity index (χ4n) is 2.06. The van der Waals surface area contributed by atoms with Crippen LogP contribution in [0.15, 0.2) is 53.0 Å². The number of benzene rings is 2. The number of hydrogen-bond donors (Lipinski definition) is 1. The minimum Gasteiger partial charge on any atom is -0.481 e. The van der Waals surface area contributed by atoms with Gasteiger partial charge in [-0.3, -0.25) is 4.79 Å². The lowest BCUT2D eigenvalue weighted by atomic mass is 10.1. The van der Waals surface area contributed by atoms with E-state index in [1.165, 1.54) is 0 Å². The molecule has 1 amide bonds. The van der Waals surface area contributed by atoms with Gasteiger partial charge in [0.1, 0.15) is 5.75 Å². The highest BCUT2D eigenvalue weighted by atomic mass is 79.9. The van der Waals surface area contributed by atoms with Crippen molar-refractivity contribution in [2.45, 2.75) is 26.0 Å². The van der Waals surface area contributed by atoms with Crippen molar-refractivity contribution in [2.24, 2.45) is 0 Å². The van der Waals surface area contributed by atoms with Gasteiger partial charge < -0.3 is 10.1 Å². The first-order chi connectivity index (χ1) is 11.0. The number of nitrogens with one attached hydrogen (secondary N) is 1. The van der Waals surface area contributed by atoms with Crippen molar-refractivity contribution in [1.82, 2.24) is 5.32 Å². The predicted octanol–water partition coefficient (Wildman–Crippen LogP) is 3.97. The molecular weight excluding hydrogens is 356 g/mol. The lowest BCUT2D eigenvalue weighted by molar-refractivity contribution is -0.127. The summed E-state index contributed by atoms with van der Waals surface area (Å²) in [5.74, 6) is 0.364. The Morgan fingerprint density at radius 1 is 1.22 bits per heavy atom. The zero-order valence-corrected chi connectivity index (χ0v) is 14.5. The Balaban J connectivity index is 1.95. The molecule has 2 rings (SSSR count). The molecule has 1 N–H and O–H groups in total. The first-order valence-corrected chi connectivity index (χ1v) is 8.01. The molecule has 2 atom stereocenters. The summed E-state index contributed by atoms with van der Waals surface area (Å²) in [4.78, 5) is 12.2. The molecule has 0 bridgehead atoms. The maximum Gasteiger partial charge on any atom is 0.261 e.